The fourth-order valence-corrected chi connectivity index (χ4v) is 5.36. The molecule has 0 radical (unpaired) electrons. The standard InChI is InChI=1S/C27H33N3O6S/c1-27(2,3)37(34,35)24(14-20-10-6-4-7-11-20)25(31)29-23(26(32)33)15-22-16-28-18-30(22)19-36-17-21-12-8-5-9-13-21/h4-13,16,18,23-24H,14-15,17,19H2,1-3H3,(H,29,31)(H,32,33)/t23-,24?/m0/s1. The molecule has 2 N–H and O–H groups in total. The Morgan fingerprint density at radius 1 is 1.00 bits per heavy atom. The topological polar surface area (TPSA) is 128 Å². The number of rotatable bonds is 12. The van der Waals surface area contributed by atoms with Gasteiger partial charge in [0.15, 0.2) is 9.84 Å². The molecule has 0 spiro atoms. The molecule has 0 bridgehead atoms. The van der Waals surface area contributed by atoms with Crippen LogP contribution in [0.15, 0.2) is 73.2 Å². The van der Waals surface area contributed by atoms with E-state index in [1.807, 2.05) is 30.3 Å². The largest absolute Gasteiger partial charge is 0.480 e. The van der Waals surface area contributed by atoms with Gasteiger partial charge in [-0.1, -0.05) is 60.7 Å². The van der Waals surface area contributed by atoms with Gasteiger partial charge in [0.05, 0.1) is 17.7 Å². The minimum absolute atomic E-state index is 0.0656. The van der Waals surface area contributed by atoms with Gasteiger partial charge >= 0.3 is 5.97 Å². The van der Waals surface area contributed by atoms with Crippen LogP contribution in [-0.2, 0) is 50.3 Å². The molecule has 2 aromatic carbocycles. The first-order valence-electron chi connectivity index (χ1n) is 11.9. The molecule has 198 valence electrons. The van der Waals surface area contributed by atoms with Gasteiger partial charge in [0, 0.05) is 18.3 Å². The van der Waals surface area contributed by atoms with Gasteiger partial charge in [0.1, 0.15) is 18.0 Å². The molecule has 3 rings (SSSR count). The minimum Gasteiger partial charge on any atom is -0.480 e. The maximum absolute atomic E-state index is 13.3. The first kappa shape index (κ1) is 28.1. The van der Waals surface area contributed by atoms with Crippen molar-refractivity contribution in [1.82, 2.24) is 14.9 Å². The van der Waals surface area contributed by atoms with Crippen molar-refractivity contribution >= 4 is 21.7 Å². The quantitative estimate of drug-likeness (QED) is 0.371. The van der Waals surface area contributed by atoms with E-state index >= 15 is 0 Å². The van der Waals surface area contributed by atoms with E-state index in [-0.39, 0.29) is 19.6 Å². The predicted molar refractivity (Wildman–Crippen MR) is 139 cm³/mol. The smallest absolute Gasteiger partial charge is 0.326 e. The number of sulfone groups is 1. The molecular formula is C27H33N3O6S. The van der Waals surface area contributed by atoms with Crippen LogP contribution in [0, 0.1) is 0 Å². The van der Waals surface area contributed by atoms with E-state index in [2.05, 4.69) is 10.3 Å². The number of carbonyl (C=O) groups is 2. The van der Waals surface area contributed by atoms with Crippen LogP contribution in [-0.4, -0.2) is 51.0 Å². The van der Waals surface area contributed by atoms with E-state index in [0.717, 1.165) is 5.56 Å². The van der Waals surface area contributed by atoms with Crippen molar-refractivity contribution in [1.29, 1.82) is 0 Å². The van der Waals surface area contributed by atoms with Crippen molar-refractivity contribution in [2.24, 2.45) is 0 Å². The van der Waals surface area contributed by atoms with E-state index in [1.54, 1.807) is 34.9 Å². The molecule has 0 saturated carbocycles. The predicted octanol–water partition coefficient (Wildman–Crippen LogP) is 2.99. The van der Waals surface area contributed by atoms with E-state index in [4.69, 9.17) is 4.74 Å². The van der Waals surface area contributed by atoms with E-state index in [1.165, 1.54) is 33.3 Å². The fourth-order valence-electron chi connectivity index (χ4n) is 3.74. The van der Waals surface area contributed by atoms with Gasteiger partial charge in [-0.2, -0.15) is 0 Å². The zero-order valence-electron chi connectivity index (χ0n) is 21.2. The lowest BCUT2D eigenvalue weighted by molar-refractivity contribution is -0.141. The molecule has 0 aliphatic rings. The summed E-state index contributed by atoms with van der Waals surface area (Å²) in [5.41, 5.74) is 2.18. The van der Waals surface area contributed by atoms with Crippen LogP contribution < -0.4 is 5.32 Å². The second-order valence-corrected chi connectivity index (χ2v) is 12.6. The maximum Gasteiger partial charge on any atom is 0.326 e. The summed E-state index contributed by atoms with van der Waals surface area (Å²) in [5.74, 6) is -2.13. The fraction of sp³-hybridized carbons (Fsp3) is 0.370. The number of aliphatic carboxylic acids is 1. The van der Waals surface area contributed by atoms with Gasteiger partial charge in [-0.05, 0) is 38.3 Å². The lowest BCUT2D eigenvalue weighted by Crippen LogP contribution is -2.52. The summed E-state index contributed by atoms with van der Waals surface area (Å²) in [6.45, 7) is 5.08. The molecule has 2 atom stereocenters. The molecule has 0 saturated heterocycles. The Hall–Kier alpha value is -3.50. The number of nitrogens with one attached hydrogen (secondary N) is 1. The summed E-state index contributed by atoms with van der Waals surface area (Å²) in [6.07, 6.45) is 2.86. The molecule has 0 aliphatic heterocycles. The second kappa shape index (κ2) is 12.2. The molecule has 0 aliphatic carbocycles. The molecule has 1 amide bonds. The Balaban J connectivity index is 1.74. The average molecular weight is 528 g/mol. The van der Waals surface area contributed by atoms with Crippen molar-refractivity contribution in [2.75, 3.05) is 0 Å². The third kappa shape index (κ3) is 7.50. The first-order valence-corrected chi connectivity index (χ1v) is 13.4. The van der Waals surface area contributed by atoms with Gasteiger partial charge in [-0.15, -0.1) is 0 Å². The highest BCUT2D eigenvalue weighted by atomic mass is 32.2. The zero-order chi connectivity index (χ0) is 27.1. The van der Waals surface area contributed by atoms with E-state index in [9.17, 15) is 23.1 Å². The highest BCUT2D eigenvalue weighted by Gasteiger charge is 2.42. The molecule has 1 aromatic heterocycles. The SMILES string of the molecule is CC(C)(C)S(=O)(=O)C(Cc1ccccc1)C(=O)N[C@@H](Cc1cncn1COCc1ccccc1)C(=O)O. The Kier molecular flexibility index (Phi) is 9.23. The summed E-state index contributed by atoms with van der Waals surface area (Å²) in [4.78, 5) is 29.5. The minimum atomic E-state index is -3.96. The molecule has 37 heavy (non-hydrogen) atoms. The number of carbonyl (C=O) groups excluding carboxylic acids is 1. The lowest BCUT2D eigenvalue weighted by Gasteiger charge is -2.27. The number of amides is 1. The van der Waals surface area contributed by atoms with Crippen molar-refractivity contribution in [3.63, 3.8) is 0 Å². The maximum atomic E-state index is 13.3. The number of hydrogen-bond acceptors (Lipinski definition) is 6. The van der Waals surface area contributed by atoms with E-state index < -0.39 is 37.8 Å². The summed E-state index contributed by atoms with van der Waals surface area (Å²) >= 11 is 0. The van der Waals surface area contributed by atoms with Crippen molar-refractivity contribution in [3.05, 3.63) is 90.0 Å². The number of benzene rings is 2. The number of ether oxygens (including phenoxy) is 1. The number of carboxylic acid groups (broad SMARTS) is 1. The number of aromatic nitrogens is 2. The van der Waals surface area contributed by atoms with Crippen LogP contribution in [0.5, 0.6) is 0 Å². The van der Waals surface area contributed by atoms with Gasteiger partial charge < -0.3 is 19.7 Å². The van der Waals surface area contributed by atoms with Crippen molar-refractivity contribution in [2.45, 2.75) is 63.0 Å². The van der Waals surface area contributed by atoms with Crippen LogP contribution in [0.25, 0.3) is 0 Å². The Morgan fingerprint density at radius 3 is 2.16 bits per heavy atom. The van der Waals surface area contributed by atoms with Crippen molar-refractivity contribution in [3.8, 4) is 0 Å². The lowest BCUT2D eigenvalue weighted by atomic mass is 10.1. The van der Waals surface area contributed by atoms with Crippen LogP contribution >= 0.6 is 0 Å². The molecule has 3 aromatic rings. The molecule has 1 unspecified atom stereocenters. The third-order valence-electron chi connectivity index (χ3n) is 5.95. The van der Waals surface area contributed by atoms with Gasteiger partial charge in [-0.25, -0.2) is 18.2 Å². The average Bonchev–Trinajstić information content (AvgIpc) is 3.29. The normalized spacial score (nSPS) is 13.6. The highest BCUT2D eigenvalue weighted by molar-refractivity contribution is 7.94. The summed E-state index contributed by atoms with van der Waals surface area (Å²) < 4.78 is 32.8. The Morgan fingerprint density at radius 2 is 1.59 bits per heavy atom. The molecular weight excluding hydrogens is 494 g/mol. The number of imidazole rings is 1. The number of carboxylic acids is 1. The molecule has 1 heterocycles. The number of hydrogen-bond donors (Lipinski definition) is 2. The van der Waals surface area contributed by atoms with Crippen LogP contribution in [0.2, 0.25) is 0 Å². The van der Waals surface area contributed by atoms with E-state index in [0.29, 0.717) is 17.9 Å². The second-order valence-electron chi connectivity index (χ2n) is 9.76. The third-order valence-corrected chi connectivity index (χ3v) is 8.79. The Bertz CT molecular complexity index is 1280. The van der Waals surface area contributed by atoms with Crippen LogP contribution in [0.4, 0.5) is 0 Å². The molecule has 0 fully saturated rings. The van der Waals surface area contributed by atoms with Gasteiger partial charge in [0.25, 0.3) is 0 Å². The monoisotopic (exact) mass is 527 g/mol. The first-order chi connectivity index (χ1) is 17.5. The molecule has 9 nitrogen and oxygen atoms in total. The Labute approximate surface area is 217 Å². The van der Waals surface area contributed by atoms with Gasteiger partial charge in [-0.3, -0.25) is 4.79 Å². The van der Waals surface area contributed by atoms with Crippen LogP contribution in [0.1, 0.15) is 37.6 Å². The van der Waals surface area contributed by atoms with Crippen molar-refractivity contribution < 1.29 is 27.9 Å². The summed E-state index contributed by atoms with van der Waals surface area (Å²) in [6, 6.07) is 17.0. The summed E-state index contributed by atoms with van der Waals surface area (Å²) in [7, 11) is -3.96. The van der Waals surface area contributed by atoms with Gasteiger partial charge in [0.2, 0.25) is 5.91 Å². The highest BCUT2D eigenvalue weighted by Crippen LogP contribution is 2.24. The summed E-state index contributed by atoms with van der Waals surface area (Å²) in [5, 5.41) is 10.9. The number of nitrogens with zero attached hydrogens (tertiary/aromatic N) is 2. The zero-order valence-corrected chi connectivity index (χ0v) is 22.0. The van der Waals surface area contributed by atoms with Crippen LogP contribution in [0.3, 0.4) is 0 Å². The molecule has 10 heteroatoms.